The smallest absolute Gasteiger partial charge is 0.416 e. The zero-order chi connectivity index (χ0) is 18.9. The topological polar surface area (TPSA) is 79.2 Å². The Morgan fingerprint density at radius 2 is 2.04 bits per heavy atom. The Balaban J connectivity index is 1.54. The molecule has 1 aromatic rings. The van der Waals surface area contributed by atoms with E-state index in [9.17, 15) is 28.5 Å². The van der Waals surface area contributed by atoms with Crippen molar-refractivity contribution in [1.82, 2.24) is 0 Å². The van der Waals surface area contributed by atoms with Crippen LogP contribution in [0.4, 0.5) is 13.2 Å². The van der Waals surface area contributed by atoms with Crippen molar-refractivity contribution >= 4 is 0 Å². The predicted molar refractivity (Wildman–Crippen MR) is 85.2 cm³/mol. The van der Waals surface area contributed by atoms with E-state index in [1.54, 1.807) is 6.08 Å². The third-order valence-electron chi connectivity index (χ3n) is 4.83. The first-order chi connectivity index (χ1) is 12.2. The minimum Gasteiger partial charge on any atom is -0.491 e. The lowest BCUT2D eigenvalue weighted by Gasteiger charge is -2.17. The summed E-state index contributed by atoms with van der Waals surface area (Å²) in [4.78, 5) is 0. The molecule has 8 heteroatoms. The van der Waals surface area contributed by atoms with E-state index in [0.29, 0.717) is 12.8 Å². The molecule has 1 saturated carbocycles. The van der Waals surface area contributed by atoms with Crippen LogP contribution in [-0.4, -0.2) is 46.5 Å². The molecule has 5 nitrogen and oxygen atoms in total. The second kappa shape index (κ2) is 7.56. The maximum absolute atomic E-state index is 12.7. The lowest BCUT2D eigenvalue weighted by atomic mass is 9.91. The summed E-state index contributed by atoms with van der Waals surface area (Å²) in [7, 11) is 0. The molecule has 3 N–H and O–H groups in total. The molecule has 0 amide bonds. The minimum absolute atomic E-state index is 0.0144. The summed E-state index contributed by atoms with van der Waals surface area (Å²) in [5.74, 6) is -0.256. The molecule has 1 aliphatic heterocycles. The summed E-state index contributed by atoms with van der Waals surface area (Å²) in [5.41, 5.74) is -0.819. The predicted octanol–water partition coefficient (Wildman–Crippen LogP) is 2.11. The molecule has 0 radical (unpaired) electrons. The average molecular weight is 374 g/mol. The monoisotopic (exact) mass is 374 g/mol. The molecule has 6 atom stereocenters. The normalized spacial score (nSPS) is 32.8. The first-order valence-corrected chi connectivity index (χ1v) is 8.42. The summed E-state index contributed by atoms with van der Waals surface area (Å²) < 4.78 is 48.5. The van der Waals surface area contributed by atoms with Gasteiger partial charge in [-0.3, -0.25) is 0 Å². The van der Waals surface area contributed by atoms with E-state index < -0.39 is 30.2 Å². The fourth-order valence-corrected chi connectivity index (χ4v) is 3.59. The van der Waals surface area contributed by atoms with E-state index in [4.69, 9.17) is 9.47 Å². The van der Waals surface area contributed by atoms with Gasteiger partial charge in [0.25, 0.3) is 0 Å². The highest BCUT2D eigenvalue weighted by atomic mass is 19.4. The van der Waals surface area contributed by atoms with E-state index in [1.165, 1.54) is 18.2 Å². The Bertz CT molecular complexity index is 648. The summed E-state index contributed by atoms with van der Waals surface area (Å²) in [6.07, 6.45) is -3.18. The lowest BCUT2D eigenvalue weighted by Crippen LogP contribution is -2.20. The number of hydrogen-bond acceptors (Lipinski definition) is 5. The molecule has 0 aromatic heterocycles. The molecular formula is C18H21F3O5. The first-order valence-electron chi connectivity index (χ1n) is 8.42. The highest BCUT2D eigenvalue weighted by Crippen LogP contribution is 2.43. The number of aliphatic hydroxyl groups is 3. The molecule has 0 bridgehead atoms. The van der Waals surface area contributed by atoms with Crippen LogP contribution in [0.15, 0.2) is 36.4 Å². The lowest BCUT2D eigenvalue weighted by molar-refractivity contribution is -0.137. The molecule has 2 unspecified atom stereocenters. The molecular weight excluding hydrogens is 353 g/mol. The van der Waals surface area contributed by atoms with Crippen LogP contribution in [0.2, 0.25) is 0 Å². The van der Waals surface area contributed by atoms with Crippen LogP contribution >= 0.6 is 0 Å². The quantitative estimate of drug-likeness (QED) is 0.688. The van der Waals surface area contributed by atoms with Crippen molar-refractivity contribution in [1.29, 1.82) is 0 Å². The zero-order valence-corrected chi connectivity index (χ0v) is 13.8. The van der Waals surface area contributed by atoms with Crippen molar-refractivity contribution in [3.8, 4) is 5.75 Å². The molecule has 1 aliphatic carbocycles. The standard InChI is InChI=1S/C18H21F3O5/c19-18(20,21)10-2-1-3-12(6-10)25-9-11(22)4-5-13-14-7-17(24)26-16(14)8-15(13)23/h1-6,11,13-17,22-24H,7-9H2/b5-4+/t11-,13-,14-,15-,16?,17?/m1/s1. The Labute approximate surface area is 148 Å². The maximum atomic E-state index is 12.7. The van der Waals surface area contributed by atoms with Gasteiger partial charge in [-0.05, 0) is 24.1 Å². The summed E-state index contributed by atoms with van der Waals surface area (Å²) in [5, 5.41) is 29.6. The van der Waals surface area contributed by atoms with Crippen LogP contribution in [0.3, 0.4) is 0 Å². The number of rotatable bonds is 5. The fraction of sp³-hybridized carbons (Fsp3) is 0.556. The van der Waals surface area contributed by atoms with E-state index in [0.717, 1.165) is 12.1 Å². The molecule has 144 valence electrons. The molecule has 2 aliphatic rings. The number of benzene rings is 1. The number of hydrogen-bond donors (Lipinski definition) is 3. The summed E-state index contributed by atoms with van der Waals surface area (Å²) in [6.45, 7) is -0.214. The van der Waals surface area contributed by atoms with Gasteiger partial charge in [-0.15, -0.1) is 0 Å². The second-order valence-electron chi connectivity index (χ2n) is 6.70. The Morgan fingerprint density at radius 1 is 1.27 bits per heavy atom. The van der Waals surface area contributed by atoms with Crippen LogP contribution < -0.4 is 4.74 Å². The van der Waals surface area contributed by atoms with Crippen molar-refractivity contribution in [3.63, 3.8) is 0 Å². The van der Waals surface area contributed by atoms with Crippen molar-refractivity contribution in [2.24, 2.45) is 11.8 Å². The van der Waals surface area contributed by atoms with Gasteiger partial charge in [0.05, 0.1) is 17.8 Å². The van der Waals surface area contributed by atoms with E-state index in [1.807, 2.05) is 0 Å². The van der Waals surface area contributed by atoms with Gasteiger partial charge in [0, 0.05) is 18.8 Å². The molecule has 0 spiro atoms. The fourth-order valence-electron chi connectivity index (χ4n) is 3.59. The van der Waals surface area contributed by atoms with Crippen LogP contribution in [0.5, 0.6) is 5.75 Å². The molecule has 2 fully saturated rings. The van der Waals surface area contributed by atoms with Crippen LogP contribution in [0, 0.1) is 11.8 Å². The van der Waals surface area contributed by atoms with Crippen molar-refractivity contribution in [3.05, 3.63) is 42.0 Å². The molecule has 3 rings (SSSR count). The highest BCUT2D eigenvalue weighted by Gasteiger charge is 2.47. The highest BCUT2D eigenvalue weighted by molar-refractivity contribution is 5.30. The summed E-state index contributed by atoms with van der Waals surface area (Å²) in [6, 6.07) is 4.44. The van der Waals surface area contributed by atoms with Gasteiger partial charge in [-0.1, -0.05) is 18.2 Å². The third kappa shape index (κ3) is 4.37. The maximum Gasteiger partial charge on any atom is 0.416 e. The molecule has 26 heavy (non-hydrogen) atoms. The van der Waals surface area contributed by atoms with Gasteiger partial charge in [-0.2, -0.15) is 13.2 Å². The SMILES string of the molecule is OC1C[C@H]2C(C[C@@H](O)[C@@H]2/C=C/[C@@H](O)COc2cccc(C(F)(F)F)c2)O1. The molecule has 1 heterocycles. The Hall–Kier alpha value is -1.61. The van der Waals surface area contributed by atoms with Crippen molar-refractivity contribution in [2.45, 2.75) is 43.6 Å². The number of fused-ring (bicyclic) bond motifs is 1. The number of alkyl halides is 3. The van der Waals surface area contributed by atoms with E-state index in [2.05, 4.69) is 0 Å². The Morgan fingerprint density at radius 3 is 2.77 bits per heavy atom. The number of ether oxygens (including phenoxy) is 2. The molecule has 1 aromatic carbocycles. The van der Waals surface area contributed by atoms with Gasteiger partial charge in [0.15, 0.2) is 6.29 Å². The Kier molecular flexibility index (Phi) is 5.57. The van der Waals surface area contributed by atoms with Crippen LogP contribution in [0.1, 0.15) is 18.4 Å². The van der Waals surface area contributed by atoms with E-state index >= 15 is 0 Å². The van der Waals surface area contributed by atoms with Crippen LogP contribution in [0.25, 0.3) is 0 Å². The first kappa shape index (κ1) is 19.2. The van der Waals surface area contributed by atoms with Crippen molar-refractivity contribution in [2.75, 3.05) is 6.61 Å². The van der Waals surface area contributed by atoms with Crippen LogP contribution in [-0.2, 0) is 10.9 Å². The van der Waals surface area contributed by atoms with Gasteiger partial charge in [0.2, 0.25) is 0 Å². The molecule has 1 saturated heterocycles. The summed E-state index contributed by atoms with van der Waals surface area (Å²) >= 11 is 0. The van der Waals surface area contributed by atoms with Gasteiger partial charge in [-0.25, -0.2) is 0 Å². The van der Waals surface area contributed by atoms with Gasteiger partial charge < -0.3 is 24.8 Å². The number of aliphatic hydroxyl groups excluding tert-OH is 3. The average Bonchev–Trinajstić information content (AvgIpc) is 3.05. The zero-order valence-electron chi connectivity index (χ0n) is 13.8. The largest absolute Gasteiger partial charge is 0.491 e. The minimum atomic E-state index is -4.46. The van der Waals surface area contributed by atoms with Gasteiger partial charge >= 0.3 is 6.18 Å². The third-order valence-corrected chi connectivity index (χ3v) is 4.83. The van der Waals surface area contributed by atoms with E-state index in [-0.39, 0.29) is 30.3 Å². The second-order valence-corrected chi connectivity index (χ2v) is 6.70. The number of halogens is 3. The van der Waals surface area contributed by atoms with Gasteiger partial charge in [0.1, 0.15) is 18.5 Å². The van der Waals surface area contributed by atoms with Crippen molar-refractivity contribution < 1.29 is 38.0 Å².